The first-order chi connectivity index (χ1) is 7.36. The van der Waals surface area contributed by atoms with Gasteiger partial charge in [-0.25, -0.2) is 4.98 Å². The summed E-state index contributed by atoms with van der Waals surface area (Å²) in [5.41, 5.74) is 1.85. The van der Waals surface area contributed by atoms with Crippen molar-refractivity contribution in [2.45, 2.75) is 0 Å². The van der Waals surface area contributed by atoms with Crippen LogP contribution in [0.3, 0.4) is 0 Å². The predicted octanol–water partition coefficient (Wildman–Crippen LogP) is 3.09. The van der Waals surface area contributed by atoms with Gasteiger partial charge in [0.05, 0.1) is 0 Å². The van der Waals surface area contributed by atoms with Crippen molar-refractivity contribution in [3.05, 3.63) is 63.5 Å². The SMILES string of the molecule is Ic1ccccc1C#Cc1ccccn1. The van der Waals surface area contributed by atoms with Crippen LogP contribution >= 0.6 is 22.6 Å². The molecule has 2 aromatic rings. The Bertz CT molecular complexity index is 509. The second kappa shape index (κ2) is 4.94. The van der Waals surface area contributed by atoms with Crippen molar-refractivity contribution in [3.8, 4) is 11.8 Å². The second-order valence-corrected chi connectivity index (χ2v) is 4.11. The van der Waals surface area contributed by atoms with E-state index in [1.165, 1.54) is 3.57 Å². The van der Waals surface area contributed by atoms with Crippen LogP contribution in [0.25, 0.3) is 0 Å². The fraction of sp³-hybridized carbons (Fsp3) is 0. The minimum atomic E-state index is 0.803. The number of nitrogens with zero attached hydrogens (tertiary/aromatic N) is 1. The zero-order valence-corrected chi connectivity index (χ0v) is 10.1. The fourth-order valence-electron chi connectivity index (χ4n) is 1.13. The Morgan fingerprint density at radius 1 is 0.933 bits per heavy atom. The Balaban J connectivity index is 2.31. The summed E-state index contributed by atoms with van der Waals surface area (Å²) in [6.45, 7) is 0. The number of aromatic nitrogens is 1. The van der Waals surface area contributed by atoms with Crippen LogP contribution in [-0.2, 0) is 0 Å². The predicted molar refractivity (Wildman–Crippen MR) is 69.4 cm³/mol. The van der Waals surface area contributed by atoms with Gasteiger partial charge >= 0.3 is 0 Å². The molecular formula is C13H8IN. The first kappa shape index (κ1) is 10.2. The molecule has 2 rings (SSSR count). The molecule has 1 aromatic carbocycles. The number of hydrogen-bond acceptors (Lipinski definition) is 1. The smallest absolute Gasteiger partial charge is 0.113 e. The highest BCUT2D eigenvalue weighted by atomic mass is 127. The highest BCUT2D eigenvalue weighted by molar-refractivity contribution is 14.1. The van der Waals surface area contributed by atoms with E-state index in [-0.39, 0.29) is 0 Å². The quantitative estimate of drug-likeness (QED) is 0.538. The Kier molecular flexibility index (Phi) is 3.36. The van der Waals surface area contributed by atoms with Crippen LogP contribution in [-0.4, -0.2) is 4.98 Å². The van der Waals surface area contributed by atoms with Gasteiger partial charge in [-0.3, -0.25) is 0 Å². The number of benzene rings is 1. The van der Waals surface area contributed by atoms with Gasteiger partial charge in [0.1, 0.15) is 5.69 Å². The lowest BCUT2D eigenvalue weighted by Gasteiger charge is -1.93. The minimum Gasteiger partial charge on any atom is -0.248 e. The molecule has 1 aromatic heterocycles. The van der Waals surface area contributed by atoms with E-state index in [0.29, 0.717) is 0 Å². The molecule has 0 amide bonds. The monoisotopic (exact) mass is 305 g/mol. The molecule has 72 valence electrons. The zero-order valence-electron chi connectivity index (χ0n) is 7.94. The molecule has 1 nitrogen and oxygen atoms in total. The molecule has 1 heterocycles. The summed E-state index contributed by atoms with van der Waals surface area (Å²) in [6.07, 6.45) is 1.75. The second-order valence-electron chi connectivity index (χ2n) is 2.94. The standard InChI is InChI=1S/C13H8IN/c14-13-7-2-1-5-11(13)8-9-12-6-3-4-10-15-12/h1-7,10H. The van der Waals surface area contributed by atoms with Crippen LogP contribution in [0.1, 0.15) is 11.3 Å². The molecule has 0 bridgehead atoms. The number of halogens is 1. The first-order valence-corrected chi connectivity index (χ1v) is 5.62. The third-order valence-corrected chi connectivity index (χ3v) is 2.80. The summed E-state index contributed by atoms with van der Waals surface area (Å²) in [4.78, 5) is 4.15. The van der Waals surface area contributed by atoms with Crippen molar-refractivity contribution in [3.63, 3.8) is 0 Å². The number of hydrogen-bond donors (Lipinski definition) is 0. The average molecular weight is 305 g/mol. The summed E-state index contributed by atoms with van der Waals surface area (Å²) in [6, 6.07) is 13.8. The summed E-state index contributed by atoms with van der Waals surface area (Å²) in [7, 11) is 0. The van der Waals surface area contributed by atoms with Gasteiger partial charge in [-0.15, -0.1) is 0 Å². The minimum absolute atomic E-state index is 0.803. The lowest BCUT2D eigenvalue weighted by atomic mass is 10.2. The molecule has 15 heavy (non-hydrogen) atoms. The molecule has 0 unspecified atom stereocenters. The normalized spacial score (nSPS) is 9.13. The molecule has 0 aliphatic rings. The third kappa shape index (κ3) is 2.80. The van der Waals surface area contributed by atoms with Gasteiger partial charge in [0.15, 0.2) is 0 Å². The largest absolute Gasteiger partial charge is 0.248 e. The molecule has 0 aliphatic carbocycles. The van der Waals surface area contributed by atoms with E-state index in [1.54, 1.807) is 6.20 Å². The van der Waals surface area contributed by atoms with Gasteiger partial charge in [0.25, 0.3) is 0 Å². The maximum Gasteiger partial charge on any atom is 0.113 e. The molecule has 0 radical (unpaired) electrons. The topological polar surface area (TPSA) is 12.9 Å². The van der Waals surface area contributed by atoms with Crippen molar-refractivity contribution in [1.29, 1.82) is 0 Å². The summed E-state index contributed by atoms with van der Waals surface area (Å²) in [5, 5.41) is 0. The molecule has 0 saturated carbocycles. The van der Waals surface area contributed by atoms with E-state index < -0.39 is 0 Å². The zero-order chi connectivity index (χ0) is 10.5. The van der Waals surface area contributed by atoms with Crippen LogP contribution in [0, 0.1) is 15.4 Å². The van der Waals surface area contributed by atoms with Gasteiger partial charge in [-0.05, 0) is 52.8 Å². The summed E-state index contributed by atoms with van der Waals surface area (Å²) in [5.74, 6) is 6.15. The van der Waals surface area contributed by atoms with E-state index in [9.17, 15) is 0 Å². The molecule has 0 saturated heterocycles. The molecule has 0 spiro atoms. The maximum absolute atomic E-state index is 4.15. The van der Waals surface area contributed by atoms with Crippen LogP contribution < -0.4 is 0 Å². The van der Waals surface area contributed by atoms with Crippen molar-refractivity contribution in [2.24, 2.45) is 0 Å². The Morgan fingerprint density at radius 2 is 1.73 bits per heavy atom. The third-order valence-electron chi connectivity index (χ3n) is 1.86. The van der Waals surface area contributed by atoms with Crippen molar-refractivity contribution < 1.29 is 0 Å². The lowest BCUT2D eigenvalue weighted by Crippen LogP contribution is -1.82. The molecule has 0 N–H and O–H groups in total. The van der Waals surface area contributed by atoms with Gasteiger partial charge < -0.3 is 0 Å². The first-order valence-electron chi connectivity index (χ1n) is 4.54. The molecule has 0 atom stereocenters. The molecule has 0 fully saturated rings. The lowest BCUT2D eigenvalue weighted by molar-refractivity contribution is 1.29. The molecular weight excluding hydrogens is 297 g/mol. The van der Waals surface area contributed by atoms with Crippen LogP contribution in [0.4, 0.5) is 0 Å². The molecule has 0 aliphatic heterocycles. The van der Waals surface area contributed by atoms with E-state index in [4.69, 9.17) is 0 Å². The highest BCUT2D eigenvalue weighted by Gasteiger charge is 1.92. The highest BCUT2D eigenvalue weighted by Crippen LogP contribution is 2.09. The van der Waals surface area contributed by atoms with Crippen LogP contribution in [0.5, 0.6) is 0 Å². The average Bonchev–Trinajstić information content (AvgIpc) is 2.29. The Hall–Kier alpha value is -1.34. The maximum atomic E-state index is 4.15. The van der Waals surface area contributed by atoms with Gasteiger partial charge in [0, 0.05) is 15.3 Å². The van der Waals surface area contributed by atoms with E-state index >= 15 is 0 Å². The summed E-state index contributed by atoms with van der Waals surface area (Å²) >= 11 is 2.28. The van der Waals surface area contributed by atoms with Gasteiger partial charge in [-0.1, -0.05) is 24.1 Å². The Labute approximate surface area is 103 Å². The van der Waals surface area contributed by atoms with Crippen molar-refractivity contribution >= 4 is 22.6 Å². The number of pyridine rings is 1. The molecule has 2 heteroatoms. The Morgan fingerprint density at radius 3 is 2.47 bits per heavy atom. The van der Waals surface area contributed by atoms with Gasteiger partial charge in [0.2, 0.25) is 0 Å². The number of rotatable bonds is 0. The van der Waals surface area contributed by atoms with E-state index in [0.717, 1.165) is 11.3 Å². The van der Waals surface area contributed by atoms with Crippen LogP contribution in [0.2, 0.25) is 0 Å². The van der Waals surface area contributed by atoms with E-state index in [1.807, 2.05) is 42.5 Å². The summed E-state index contributed by atoms with van der Waals surface area (Å²) < 4.78 is 1.17. The van der Waals surface area contributed by atoms with Crippen molar-refractivity contribution in [2.75, 3.05) is 0 Å². The van der Waals surface area contributed by atoms with Crippen molar-refractivity contribution in [1.82, 2.24) is 4.98 Å². The van der Waals surface area contributed by atoms with Crippen LogP contribution in [0.15, 0.2) is 48.7 Å². The van der Waals surface area contributed by atoms with E-state index in [2.05, 4.69) is 39.4 Å². The van der Waals surface area contributed by atoms with Gasteiger partial charge in [-0.2, -0.15) is 0 Å². The fourth-order valence-corrected chi connectivity index (χ4v) is 1.65.